The van der Waals surface area contributed by atoms with E-state index < -0.39 is 0 Å². The van der Waals surface area contributed by atoms with E-state index in [1.807, 2.05) is 11.8 Å². The Morgan fingerprint density at radius 1 is 1.22 bits per heavy atom. The van der Waals surface area contributed by atoms with Crippen molar-refractivity contribution >= 4 is 59.6 Å². The van der Waals surface area contributed by atoms with E-state index in [9.17, 15) is 0 Å². The van der Waals surface area contributed by atoms with Crippen LogP contribution in [-0.4, -0.2) is 10.7 Å². The Labute approximate surface area is 137 Å². The van der Waals surface area contributed by atoms with Crippen LogP contribution >= 0.6 is 59.6 Å². The number of halogens is 3. The average molecular weight is 451 g/mol. The molecule has 0 saturated carbocycles. The van der Waals surface area contributed by atoms with E-state index in [0.717, 1.165) is 17.1 Å². The van der Waals surface area contributed by atoms with Gasteiger partial charge in [0.25, 0.3) is 0 Å². The van der Waals surface area contributed by atoms with Crippen LogP contribution in [0, 0.1) is 5.41 Å². The molecule has 3 rings (SSSR count). The molecule has 2 aliphatic carbocycles. The number of hydrogen-bond donors (Lipinski definition) is 0. The second-order valence-corrected chi connectivity index (χ2v) is 7.54. The Hall–Kier alpha value is 0.490. The van der Waals surface area contributed by atoms with Gasteiger partial charge in [-0.25, -0.2) is 0 Å². The minimum absolute atomic E-state index is 0.100. The van der Waals surface area contributed by atoms with Crippen LogP contribution in [-0.2, 0) is 0 Å². The van der Waals surface area contributed by atoms with Crippen molar-refractivity contribution in [3.05, 3.63) is 55.8 Å². The molecule has 1 spiro atoms. The van der Waals surface area contributed by atoms with Crippen LogP contribution in [0.4, 0.5) is 0 Å². The predicted molar refractivity (Wildman–Crippen MR) is 91.6 cm³/mol. The van der Waals surface area contributed by atoms with Crippen molar-refractivity contribution < 1.29 is 0 Å². The molecule has 0 nitrogen and oxygen atoms in total. The fourth-order valence-electron chi connectivity index (χ4n) is 2.73. The van der Waals surface area contributed by atoms with Crippen molar-refractivity contribution in [1.29, 1.82) is 0 Å². The van der Waals surface area contributed by atoms with Gasteiger partial charge in [0.15, 0.2) is 0 Å². The molecule has 0 N–H and O–H groups in total. The monoisotopic (exact) mass is 448 g/mol. The summed E-state index contributed by atoms with van der Waals surface area (Å²) in [7, 11) is 0. The quantitative estimate of drug-likeness (QED) is 0.477. The lowest BCUT2D eigenvalue weighted by Crippen LogP contribution is -2.23. The molecule has 0 fully saturated rings. The third-order valence-electron chi connectivity index (χ3n) is 3.59. The number of thioether (sulfide) groups is 1. The van der Waals surface area contributed by atoms with Crippen molar-refractivity contribution in [2.45, 2.75) is 6.42 Å². The smallest absolute Gasteiger partial charge is 0.0494 e. The highest BCUT2D eigenvalue weighted by Crippen LogP contribution is 2.62. The normalized spacial score (nSPS) is 29.6. The first-order chi connectivity index (χ1) is 8.73. The van der Waals surface area contributed by atoms with Crippen LogP contribution in [0.25, 0.3) is 0 Å². The molecule has 1 heterocycles. The minimum Gasteiger partial charge on any atom is -0.0961 e. The SMILES string of the molecule is BrCC1=C2C=CC=CC23CC=C(Br)C(CBr)=C3S1. The molecule has 0 aromatic rings. The molecule has 0 aromatic carbocycles. The lowest BCUT2D eigenvalue weighted by Gasteiger charge is -2.34. The summed E-state index contributed by atoms with van der Waals surface area (Å²) in [4.78, 5) is 2.93. The van der Waals surface area contributed by atoms with Crippen molar-refractivity contribution in [1.82, 2.24) is 0 Å². The minimum atomic E-state index is 0.100. The van der Waals surface area contributed by atoms with Gasteiger partial charge in [0.2, 0.25) is 0 Å². The van der Waals surface area contributed by atoms with Gasteiger partial charge in [-0.1, -0.05) is 89.9 Å². The molecular weight excluding hydrogens is 440 g/mol. The van der Waals surface area contributed by atoms with E-state index >= 15 is 0 Å². The maximum absolute atomic E-state index is 3.69. The molecule has 94 valence electrons. The summed E-state index contributed by atoms with van der Waals surface area (Å²) in [5, 5.41) is 1.83. The molecule has 1 atom stereocenters. The van der Waals surface area contributed by atoms with Gasteiger partial charge in [0, 0.05) is 30.4 Å². The highest BCUT2D eigenvalue weighted by Gasteiger charge is 2.45. The van der Waals surface area contributed by atoms with E-state index in [1.165, 1.54) is 25.4 Å². The maximum Gasteiger partial charge on any atom is 0.0494 e. The Bertz CT molecular complexity index is 551. The van der Waals surface area contributed by atoms with Gasteiger partial charge in [-0.15, -0.1) is 0 Å². The summed E-state index contributed by atoms with van der Waals surface area (Å²) in [6, 6.07) is 0. The number of hydrogen-bond acceptors (Lipinski definition) is 1. The van der Waals surface area contributed by atoms with Gasteiger partial charge in [0.05, 0.1) is 0 Å². The summed E-state index contributed by atoms with van der Waals surface area (Å²) in [6.45, 7) is 0. The van der Waals surface area contributed by atoms with Crippen LogP contribution in [0.2, 0.25) is 0 Å². The highest BCUT2D eigenvalue weighted by atomic mass is 79.9. The van der Waals surface area contributed by atoms with E-state index in [-0.39, 0.29) is 5.41 Å². The van der Waals surface area contributed by atoms with E-state index in [4.69, 9.17) is 0 Å². The molecule has 1 unspecified atom stereocenters. The van der Waals surface area contributed by atoms with Crippen molar-refractivity contribution in [3.8, 4) is 0 Å². The first-order valence-electron chi connectivity index (χ1n) is 5.72. The summed E-state index contributed by atoms with van der Waals surface area (Å²) in [6.07, 6.45) is 12.3. The molecule has 4 heteroatoms. The molecule has 0 aromatic heterocycles. The van der Waals surface area contributed by atoms with Crippen LogP contribution in [0.5, 0.6) is 0 Å². The van der Waals surface area contributed by atoms with Gasteiger partial charge >= 0.3 is 0 Å². The third-order valence-corrected chi connectivity index (χ3v) is 7.31. The summed E-state index contributed by atoms with van der Waals surface area (Å²) in [5.74, 6) is 0. The zero-order valence-corrected chi connectivity index (χ0v) is 15.1. The second-order valence-electron chi connectivity index (χ2n) is 4.46. The van der Waals surface area contributed by atoms with E-state index in [0.29, 0.717) is 0 Å². The van der Waals surface area contributed by atoms with Gasteiger partial charge < -0.3 is 0 Å². The first kappa shape index (κ1) is 13.5. The topological polar surface area (TPSA) is 0 Å². The Morgan fingerprint density at radius 2 is 2.06 bits per heavy atom. The van der Waals surface area contributed by atoms with E-state index in [1.54, 1.807) is 0 Å². The zero-order chi connectivity index (χ0) is 12.8. The Balaban J connectivity index is 2.21. The van der Waals surface area contributed by atoms with Crippen LogP contribution < -0.4 is 0 Å². The summed E-state index contributed by atoms with van der Waals surface area (Å²) >= 11 is 12.9. The molecular formula is C14H11Br3S. The van der Waals surface area contributed by atoms with Gasteiger partial charge in [-0.05, 0) is 17.6 Å². The summed E-state index contributed by atoms with van der Waals surface area (Å²) < 4.78 is 1.24. The van der Waals surface area contributed by atoms with Gasteiger partial charge in [0.1, 0.15) is 0 Å². The fourth-order valence-corrected chi connectivity index (χ4v) is 6.56. The van der Waals surface area contributed by atoms with Crippen LogP contribution in [0.1, 0.15) is 6.42 Å². The maximum atomic E-state index is 3.69. The van der Waals surface area contributed by atoms with Crippen molar-refractivity contribution in [3.63, 3.8) is 0 Å². The largest absolute Gasteiger partial charge is 0.0961 e. The Morgan fingerprint density at radius 3 is 2.78 bits per heavy atom. The average Bonchev–Trinajstić information content (AvgIpc) is 2.74. The standard InChI is InChI=1S/C14H11Br3S/c15-7-9-11(17)4-6-14-5-2-1-3-10(14)12(8-16)18-13(9)14/h1-5H,6-8H2. The van der Waals surface area contributed by atoms with Gasteiger partial charge in [-0.2, -0.15) is 0 Å². The highest BCUT2D eigenvalue weighted by molar-refractivity contribution is 9.12. The van der Waals surface area contributed by atoms with Crippen LogP contribution in [0.3, 0.4) is 0 Å². The van der Waals surface area contributed by atoms with Crippen molar-refractivity contribution in [2.75, 3.05) is 10.7 Å². The first-order valence-corrected chi connectivity index (χ1v) is 9.57. The lowest BCUT2D eigenvalue weighted by atomic mass is 9.71. The fraction of sp³-hybridized carbons (Fsp3) is 0.286. The second kappa shape index (κ2) is 5.12. The molecule has 18 heavy (non-hydrogen) atoms. The van der Waals surface area contributed by atoms with Crippen LogP contribution in [0.15, 0.2) is 55.8 Å². The third kappa shape index (κ3) is 1.83. The Kier molecular flexibility index (Phi) is 3.83. The summed E-state index contributed by atoms with van der Waals surface area (Å²) in [5.41, 5.74) is 2.96. The molecule has 0 radical (unpaired) electrons. The zero-order valence-electron chi connectivity index (χ0n) is 9.55. The predicted octanol–water partition coefficient (Wildman–Crippen LogP) is 5.83. The number of rotatable bonds is 2. The van der Waals surface area contributed by atoms with E-state index in [2.05, 4.69) is 78.2 Å². The van der Waals surface area contributed by atoms with Gasteiger partial charge in [-0.3, -0.25) is 0 Å². The number of alkyl halides is 2. The molecule has 0 bridgehead atoms. The molecule has 0 amide bonds. The molecule has 0 saturated heterocycles. The number of allylic oxidation sites excluding steroid dienone is 10. The molecule has 3 aliphatic rings. The lowest BCUT2D eigenvalue weighted by molar-refractivity contribution is 0.590. The van der Waals surface area contributed by atoms with Crippen molar-refractivity contribution in [2.24, 2.45) is 5.41 Å². The molecule has 1 aliphatic heterocycles.